The molecule has 9 nitrogen and oxygen atoms in total. The van der Waals surface area contributed by atoms with Gasteiger partial charge in [-0.1, -0.05) is 23.4 Å². The summed E-state index contributed by atoms with van der Waals surface area (Å²) in [5, 5.41) is 29.3. The van der Waals surface area contributed by atoms with Crippen LogP contribution >= 0.6 is 0 Å². The number of carboxylic acid groups (broad SMARTS) is 1. The third-order valence-electron chi connectivity index (χ3n) is 7.73. The summed E-state index contributed by atoms with van der Waals surface area (Å²) in [6.07, 6.45) is -2.13. The second-order valence-electron chi connectivity index (χ2n) is 10.5. The molecule has 6 rings (SSSR count). The Bertz CT molecular complexity index is 1730. The molecule has 4 aromatic rings. The van der Waals surface area contributed by atoms with E-state index in [1.54, 1.807) is 6.07 Å². The maximum Gasteiger partial charge on any atom is 0.417 e. The van der Waals surface area contributed by atoms with Crippen molar-refractivity contribution in [2.24, 2.45) is 5.10 Å². The highest BCUT2D eigenvalue weighted by molar-refractivity contribution is 5.84. The molecule has 0 radical (unpaired) electrons. The Labute approximate surface area is 240 Å². The smallest absolute Gasteiger partial charge is 0.417 e. The van der Waals surface area contributed by atoms with Gasteiger partial charge in [0.2, 0.25) is 5.54 Å². The zero-order chi connectivity index (χ0) is 30.5. The zero-order valence-corrected chi connectivity index (χ0v) is 22.3. The number of aromatic nitrogens is 3. The minimum Gasteiger partial charge on any atom is -0.479 e. The molecule has 1 saturated carbocycles. The minimum atomic E-state index is -4.70. The van der Waals surface area contributed by atoms with Gasteiger partial charge < -0.3 is 19.7 Å². The fourth-order valence-corrected chi connectivity index (χ4v) is 5.33. The van der Waals surface area contributed by atoms with Crippen LogP contribution in [0.15, 0.2) is 52.1 Å². The summed E-state index contributed by atoms with van der Waals surface area (Å²) >= 11 is 0. The maximum atomic E-state index is 14.4. The number of carbonyl (C=O) groups is 1. The van der Waals surface area contributed by atoms with Crippen molar-refractivity contribution in [3.8, 4) is 22.6 Å². The lowest BCUT2D eigenvalue weighted by molar-refractivity contribution is -0.156. The standard InChI is InChI=1S/C29H24F5N5O4/c30-20-4-1-3-18(25(20)31)26-36-22-13-35-39(14-23(22)37-26)28(27(41)42,9-2-10-40)24-12-21(38-43-24)17-8-7-16(15-5-6-15)11-19(17)29(32,33)34/h1,3-4,7-8,11-13,15,40H,2,5-6,9-10,14H2,(H,36,37)(H,41,42). The predicted octanol–water partition coefficient (Wildman–Crippen LogP) is 5.81. The van der Waals surface area contributed by atoms with Gasteiger partial charge in [-0.25, -0.2) is 18.6 Å². The Morgan fingerprint density at radius 3 is 2.60 bits per heavy atom. The third kappa shape index (κ3) is 5.05. The van der Waals surface area contributed by atoms with Gasteiger partial charge >= 0.3 is 12.1 Å². The summed E-state index contributed by atoms with van der Waals surface area (Å²) in [4.78, 5) is 20.1. The van der Waals surface area contributed by atoms with Crippen molar-refractivity contribution in [1.82, 2.24) is 20.1 Å². The van der Waals surface area contributed by atoms with Gasteiger partial charge in [-0.05, 0) is 55.4 Å². The van der Waals surface area contributed by atoms with Gasteiger partial charge in [0.25, 0.3) is 0 Å². The highest BCUT2D eigenvalue weighted by Crippen LogP contribution is 2.45. The van der Waals surface area contributed by atoms with E-state index >= 15 is 0 Å². The van der Waals surface area contributed by atoms with E-state index in [-0.39, 0.29) is 59.4 Å². The van der Waals surface area contributed by atoms with Crippen LogP contribution in [-0.4, -0.2) is 49.1 Å². The predicted molar refractivity (Wildman–Crippen MR) is 142 cm³/mol. The van der Waals surface area contributed by atoms with Crippen molar-refractivity contribution in [3.63, 3.8) is 0 Å². The highest BCUT2D eigenvalue weighted by Gasteiger charge is 2.51. The topological polar surface area (TPSA) is 128 Å². The molecule has 1 fully saturated rings. The summed E-state index contributed by atoms with van der Waals surface area (Å²) in [5.41, 5.74) is -2.53. The van der Waals surface area contributed by atoms with E-state index in [1.807, 2.05) is 0 Å². The van der Waals surface area contributed by atoms with Gasteiger partial charge in [0, 0.05) is 18.2 Å². The third-order valence-corrected chi connectivity index (χ3v) is 7.73. The van der Waals surface area contributed by atoms with Crippen molar-refractivity contribution >= 4 is 12.2 Å². The molecule has 43 heavy (non-hydrogen) atoms. The molecule has 3 N–H and O–H groups in total. The van der Waals surface area contributed by atoms with Crippen molar-refractivity contribution in [2.45, 2.75) is 49.9 Å². The number of benzene rings is 2. The largest absolute Gasteiger partial charge is 0.479 e. The number of aliphatic hydroxyl groups is 1. The Hall–Kier alpha value is -4.59. The van der Waals surface area contributed by atoms with Crippen molar-refractivity contribution in [2.75, 3.05) is 6.61 Å². The lowest BCUT2D eigenvalue weighted by Gasteiger charge is -2.37. The van der Waals surface area contributed by atoms with Gasteiger partial charge in [0.1, 0.15) is 11.5 Å². The molecule has 1 aliphatic carbocycles. The van der Waals surface area contributed by atoms with Crippen LogP contribution in [0.5, 0.6) is 0 Å². The summed E-state index contributed by atoms with van der Waals surface area (Å²) in [6, 6.07) is 8.71. The number of aliphatic hydroxyl groups excluding tert-OH is 1. The first kappa shape index (κ1) is 28.5. The molecule has 3 heterocycles. The summed E-state index contributed by atoms with van der Waals surface area (Å²) < 4.78 is 75.9. The first-order valence-electron chi connectivity index (χ1n) is 13.4. The first-order valence-corrected chi connectivity index (χ1v) is 13.4. The maximum absolute atomic E-state index is 14.4. The number of rotatable bonds is 9. The normalized spacial score (nSPS) is 16.3. The molecular formula is C29H24F5N5O4. The van der Waals surface area contributed by atoms with E-state index in [1.165, 1.54) is 24.4 Å². The first-order chi connectivity index (χ1) is 20.5. The molecule has 2 aliphatic rings. The number of halogens is 5. The van der Waals surface area contributed by atoms with E-state index in [0.717, 1.165) is 36.0 Å². The second kappa shape index (κ2) is 10.6. The van der Waals surface area contributed by atoms with Crippen molar-refractivity contribution < 1.29 is 41.5 Å². The molecule has 14 heteroatoms. The second-order valence-corrected chi connectivity index (χ2v) is 10.5. The SMILES string of the molecule is O=C(O)C(CCCO)(c1cc(-c2ccc(C3CC3)cc2C(F)(F)F)no1)N1Cc2nc(-c3cccc(F)c3F)[nH]c2C=N1. The molecule has 2 aromatic carbocycles. The zero-order valence-electron chi connectivity index (χ0n) is 22.3. The number of carboxylic acids is 1. The molecule has 0 amide bonds. The number of aromatic amines is 1. The number of nitrogens with zero attached hydrogens (tertiary/aromatic N) is 4. The van der Waals surface area contributed by atoms with Gasteiger partial charge in [-0.15, -0.1) is 0 Å². The highest BCUT2D eigenvalue weighted by atomic mass is 19.4. The molecule has 1 atom stereocenters. The number of hydrazone groups is 1. The molecule has 0 spiro atoms. The number of imidazole rings is 1. The summed E-state index contributed by atoms with van der Waals surface area (Å²) in [5.74, 6) is -3.91. The number of hydrogen-bond acceptors (Lipinski definition) is 7. The number of aliphatic carboxylic acids is 1. The fourth-order valence-electron chi connectivity index (χ4n) is 5.33. The molecular weight excluding hydrogens is 577 g/mol. The number of fused-ring (bicyclic) bond motifs is 1. The van der Waals surface area contributed by atoms with Crippen LogP contribution in [0.1, 0.15) is 59.9 Å². The van der Waals surface area contributed by atoms with E-state index in [4.69, 9.17) is 4.52 Å². The van der Waals surface area contributed by atoms with Crippen LogP contribution in [0.3, 0.4) is 0 Å². The summed E-state index contributed by atoms with van der Waals surface area (Å²) in [6.45, 7) is -0.651. The minimum absolute atomic E-state index is 0.0112. The Balaban J connectivity index is 1.39. The average molecular weight is 602 g/mol. The fraction of sp³-hybridized carbons (Fsp3) is 0.310. The summed E-state index contributed by atoms with van der Waals surface area (Å²) in [7, 11) is 0. The van der Waals surface area contributed by atoms with Gasteiger partial charge in [-0.3, -0.25) is 5.01 Å². The van der Waals surface area contributed by atoms with E-state index in [9.17, 15) is 37.0 Å². The molecule has 1 aliphatic heterocycles. The number of hydrogen-bond donors (Lipinski definition) is 3. The van der Waals surface area contributed by atoms with E-state index < -0.39 is 41.5 Å². The molecule has 2 aromatic heterocycles. The lowest BCUT2D eigenvalue weighted by atomic mass is 9.88. The molecule has 0 bridgehead atoms. The molecule has 1 unspecified atom stereocenters. The number of alkyl halides is 3. The van der Waals surface area contributed by atoms with E-state index in [0.29, 0.717) is 11.3 Å². The van der Waals surface area contributed by atoms with Crippen LogP contribution in [0, 0.1) is 11.6 Å². The van der Waals surface area contributed by atoms with Gasteiger partial charge in [-0.2, -0.15) is 18.3 Å². The van der Waals surface area contributed by atoms with Crippen molar-refractivity contribution in [1.29, 1.82) is 0 Å². The number of H-pyrrole nitrogens is 1. The Morgan fingerprint density at radius 1 is 1.12 bits per heavy atom. The Kier molecular flexibility index (Phi) is 7.03. The van der Waals surface area contributed by atoms with Crippen LogP contribution < -0.4 is 0 Å². The quantitative estimate of drug-likeness (QED) is 0.207. The van der Waals surface area contributed by atoms with Crippen molar-refractivity contribution in [3.05, 3.63) is 82.4 Å². The van der Waals surface area contributed by atoms with Crippen LogP contribution in [0.25, 0.3) is 22.6 Å². The Morgan fingerprint density at radius 2 is 1.91 bits per heavy atom. The molecule has 224 valence electrons. The van der Waals surface area contributed by atoms with E-state index in [2.05, 4.69) is 20.2 Å². The van der Waals surface area contributed by atoms with Gasteiger partial charge in [0.15, 0.2) is 17.4 Å². The lowest BCUT2D eigenvalue weighted by Crippen LogP contribution is -2.50. The monoisotopic (exact) mass is 601 g/mol. The van der Waals surface area contributed by atoms with Crippen LogP contribution in [0.4, 0.5) is 22.0 Å². The van der Waals surface area contributed by atoms with Crippen LogP contribution in [0.2, 0.25) is 0 Å². The molecule has 0 saturated heterocycles. The average Bonchev–Trinajstić information content (AvgIpc) is 3.55. The van der Waals surface area contributed by atoms with Gasteiger partial charge in [0.05, 0.1) is 35.3 Å². The number of nitrogens with one attached hydrogen (secondary N) is 1. The van der Waals surface area contributed by atoms with Crippen LogP contribution in [-0.2, 0) is 23.1 Å².